The van der Waals surface area contributed by atoms with Crippen molar-refractivity contribution in [1.82, 2.24) is 19.8 Å². The molecule has 1 aliphatic rings. The van der Waals surface area contributed by atoms with Gasteiger partial charge in [-0.3, -0.25) is 4.79 Å². The first kappa shape index (κ1) is 16.0. The van der Waals surface area contributed by atoms with Crippen LogP contribution in [0.3, 0.4) is 0 Å². The van der Waals surface area contributed by atoms with Gasteiger partial charge in [-0.15, -0.1) is 0 Å². The van der Waals surface area contributed by atoms with E-state index in [0.29, 0.717) is 17.2 Å². The van der Waals surface area contributed by atoms with Crippen LogP contribution in [-0.2, 0) is 4.79 Å². The Hall–Kier alpha value is -1.92. The van der Waals surface area contributed by atoms with E-state index >= 15 is 0 Å². The predicted octanol–water partition coefficient (Wildman–Crippen LogP) is 1.49. The third-order valence-corrected chi connectivity index (χ3v) is 4.11. The quantitative estimate of drug-likeness (QED) is 0.852. The van der Waals surface area contributed by atoms with Crippen LogP contribution in [0.15, 0.2) is 24.4 Å². The highest BCUT2D eigenvalue weighted by Crippen LogP contribution is 2.20. The number of fused-ring (bicyclic) bond motifs is 1. The predicted molar refractivity (Wildman–Crippen MR) is 91.9 cm³/mol. The number of aromatic nitrogens is 2. The summed E-state index contributed by atoms with van der Waals surface area (Å²) in [7, 11) is 3.82. The summed E-state index contributed by atoms with van der Waals surface area (Å²) in [6.07, 6.45) is 1.61. The van der Waals surface area contributed by atoms with Gasteiger partial charge >= 0.3 is 0 Å². The fourth-order valence-electron chi connectivity index (χ4n) is 2.71. The third kappa shape index (κ3) is 3.71. The average molecular weight is 334 g/mol. The summed E-state index contributed by atoms with van der Waals surface area (Å²) in [4.78, 5) is 27.0. The van der Waals surface area contributed by atoms with Crippen molar-refractivity contribution in [3.63, 3.8) is 0 Å². The second-order valence-corrected chi connectivity index (χ2v) is 6.41. The van der Waals surface area contributed by atoms with E-state index in [2.05, 4.69) is 14.9 Å². The first-order valence-corrected chi connectivity index (χ1v) is 8.00. The molecule has 3 heterocycles. The Balaban J connectivity index is 1.68. The van der Waals surface area contributed by atoms with Gasteiger partial charge < -0.3 is 14.7 Å². The van der Waals surface area contributed by atoms with Crippen molar-refractivity contribution in [2.75, 3.05) is 51.7 Å². The highest BCUT2D eigenvalue weighted by atomic mass is 35.5. The standard InChI is InChI=1S/C16H20ClN5O/c1-20(2)11-15(23)22-7-5-21(6-8-22)14-4-3-12-9-13(17)10-18-16(12)19-14/h3-4,9-10H,5-8,11H2,1-2H3. The number of hydrogen-bond donors (Lipinski definition) is 0. The molecular formula is C16H20ClN5O. The minimum Gasteiger partial charge on any atom is -0.353 e. The normalized spacial score (nSPS) is 15.5. The number of rotatable bonds is 3. The van der Waals surface area contributed by atoms with Gasteiger partial charge in [0.2, 0.25) is 5.91 Å². The molecule has 1 amide bonds. The number of hydrogen-bond acceptors (Lipinski definition) is 5. The van der Waals surface area contributed by atoms with E-state index in [4.69, 9.17) is 11.6 Å². The van der Waals surface area contributed by atoms with Crippen LogP contribution < -0.4 is 4.90 Å². The van der Waals surface area contributed by atoms with Crippen LogP contribution in [0.4, 0.5) is 5.82 Å². The Morgan fingerprint density at radius 2 is 2.00 bits per heavy atom. The van der Waals surface area contributed by atoms with Gasteiger partial charge in [0.25, 0.3) is 0 Å². The Labute approximate surface area is 140 Å². The molecule has 0 spiro atoms. The average Bonchev–Trinajstić information content (AvgIpc) is 2.54. The lowest BCUT2D eigenvalue weighted by Crippen LogP contribution is -2.50. The molecule has 0 unspecified atom stereocenters. The van der Waals surface area contributed by atoms with Gasteiger partial charge in [0.15, 0.2) is 5.65 Å². The van der Waals surface area contributed by atoms with Crippen LogP contribution >= 0.6 is 11.6 Å². The molecule has 0 radical (unpaired) electrons. The van der Waals surface area contributed by atoms with E-state index in [9.17, 15) is 4.79 Å². The fraction of sp³-hybridized carbons (Fsp3) is 0.438. The largest absolute Gasteiger partial charge is 0.353 e. The molecule has 1 saturated heterocycles. The number of likely N-dealkylation sites (N-methyl/N-ethyl adjacent to an activating group) is 1. The lowest BCUT2D eigenvalue weighted by molar-refractivity contribution is -0.132. The minimum absolute atomic E-state index is 0.178. The second-order valence-electron chi connectivity index (χ2n) is 5.98. The van der Waals surface area contributed by atoms with Crippen LogP contribution in [0.5, 0.6) is 0 Å². The molecule has 1 aliphatic heterocycles. The summed E-state index contributed by atoms with van der Waals surface area (Å²) in [5, 5.41) is 1.54. The summed E-state index contributed by atoms with van der Waals surface area (Å²) >= 11 is 5.95. The van der Waals surface area contributed by atoms with Crippen LogP contribution in [-0.4, -0.2) is 72.5 Å². The first-order chi connectivity index (χ1) is 11.0. The van der Waals surface area contributed by atoms with Crippen molar-refractivity contribution in [2.45, 2.75) is 0 Å². The molecule has 7 heteroatoms. The highest BCUT2D eigenvalue weighted by Gasteiger charge is 2.22. The zero-order chi connectivity index (χ0) is 16.4. The van der Waals surface area contributed by atoms with Gasteiger partial charge in [-0.1, -0.05) is 11.6 Å². The molecule has 6 nitrogen and oxygen atoms in total. The van der Waals surface area contributed by atoms with E-state index in [1.165, 1.54) is 0 Å². The van der Waals surface area contributed by atoms with Gasteiger partial charge in [-0.25, -0.2) is 9.97 Å². The minimum atomic E-state index is 0.178. The molecule has 0 atom stereocenters. The smallest absolute Gasteiger partial charge is 0.236 e. The van der Waals surface area contributed by atoms with E-state index in [-0.39, 0.29) is 5.91 Å². The molecule has 3 rings (SSSR count). The van der Waals surface area contributed by atoms with Gasteiger partial charge in [-0.2, -0.15) is 0 Å². The van der Waals surface area contributed by atoms with Gasteiger partial charge in [0, 0.05) is 37.8 Å². The van der Waals surface area contributed by atoms with E-state index < -0.39 is 0 Å². The van der Waals surface area contributed by atoms with Crippen molar-refractivity contribution < 1.29 is 4.79 Å². The van der Waals surface area contributed by atoms with Crippen molar-refractivity contribution in [2.24, 2.45) is 0 Å². The molecule has 0 aliphatic carbocycles. The van der Waals surface area contributed by atoms with Crippen molar-refractivity contribution in [3.8, 4) is 0 Å². The van der Waals surface area contributed by atoms with Gasteiger partial charge in [-0.05, 0) is 32.3 Å². The van der Waals surface area contributed by atoms with Crippen molar-refractivity contribution in [3.05, 3.63) is 29.4 Å². The summed E-state index contributed by atoms with van der Waals surface area (Å²) in [5.41, 5.74) is 0.693. The maximum Gasteiger partial charge on any atom is 0.236 e. The molecule has 0 N–H and O–H groups in total. The molecule has 23 heavy (non-hydrogen) atoms. The van der Waals surface area contributed by atoms with Crippen LogP contribution in [0.25, 0.3) is 11.0 Å². The Morgan fingerprint density at radius 3 is 2.70 bits per heavy atom. The second kappa shape index (κ2) is 6.68. The number of anilines is 1. The number of nitrogens with zero attached hydrogens (tertiary/aromatic N) is 5. The monoisotopic (exact) mass is 333 g/mol. The fourth-order valence-corrected chi connectivity index (χ4v) is 2.87. The van der Waals surface area contributed by atoms with Crippen LogP contribution in [0, 0.1) is 0 Å². The van der Waals surface area contributed by atoms with E-state index in [0.717, 1.165) is 37.4 Å². The molecular weight excluding hydrogens is 314 g/mol. The van der Waals surface area contributed by atoms with Crippen LogP contribution in [0.1, 0.15) is 0 Å². The topological polar surface area (TPSA) is 52.6 Å². The molecule has 0 aromatic carbocycles. The Bertz CT molecular complexity index is 713. The molecule has 0 bridgehead atoms. The molecule has 1 fully saturated rings. The SMILES string of the molecule is CN(C)CC(=O)N1CCN(c2ccc3cc(Cl)cnc3n2)CC1. The van der Waals surface area contributed by atoms with E-state index in [1.807, 2.05) is 42.1 Å². The summed E-state index contributed by atoms with van der Waals surface area (Å²) < 4.78 is 0. The molecule has 122 valence electrons. The zero-order valence-corrected chi connectivity index (χ0v) is 14.1. The third-order valence-electron chi connectivity index (χ3n) is 3.90. The van der Waals surface area contributed by atoms with Crippen molar-refractivity contribution in [1.29, 1.82) is 0 Å². The number of amides is 1. The van der Waals surface area contributed by atoms with Crippen LogP contribution in [0.2, 0.25) is 5.02 Å². The first-order valence-electron chi connectivity index (χ1n) is 7.63. The number of carbonyl (C=O) groups excluding carboxylic acids is 1. The molecule has 0 saturated carbocycles. The van der Waals surface area contributed by atoms with E-state index in [1.54, 1.807) is 6.20 Å². The Morgan fingerprint density at radius 1 is 1.26 bits per heavy atom. The number of pyridine rings is 2. The summed E-state index contributed by atoms with van der Waals surface area (Å²) in [6, 6.07) is 5.83. The summed E-state index contributed by atoms with van der Waals surface area (Å²) in [6.45, 7) is 3.47. The highest BCUT2D eigenvalue weighted by molar-refractivity contribution is 6.31. The van der Waals surface area contributed by atoms with Gasteiger partial charge in [0.1, 0.15) is 5.82 Å². The molecule has 2 aromatic heterocycles. The lowest BCUT2D eigenvalue weighted by Gasteiger charge is -2.35. The lowest BCUT2D eigenvalue weighted by atomic mass is 10.2. The van der Waals surface area contributed by atoms with Gasteiger partial charge in [0.05, 0.1) is 11.6 Å². The maximum atomic E-state index is 12.1. The summed E-state index contributed by atoms with van der Waals surface area (Å²) in [5.74, 6) is 1.07. The maximum absolute atomic E-state index is 12.1. The zero-order valence-electron chi connectivity index (χ0n) is 13.4. The van der Waals surface area contributed by atoms with Crippen molar-refractivity contribution >= 4 is 34.4 Å². The number of piperazine rings is 1. The number of halogens is 1. The Kier molecular flexibility index (Phi) is 4.63. The number of carbonyl (C=O) groups is 1. The molecule has 2 aromatic rings.